The molecule has 0 nitrogen and oxygen atoms in total. The van der Waals surface area contributed by atoms with E-state index in [1.807, 2.05) is 26.8 Å². The van der Waals surface area contributed by atoms with E-state index in [0.29, 0.717) is 17.5 Å². The third kappa shape index (κ3) is 9.64. The van der Waals surface area contributed by atoms with Crippen molar-refractivity contribution in [1.29, 1.82) is 0 Å². The molecule has 63 heavy (non-hydrogen) atoms. The first kappa shape index (κ1) is 46.8. The number of fused-ring (bicyclic) bond motifs is 3. The van der Waals surface area contributed by atoms with Crippen LogP contribution in [-0.2, 0) is 10.8 Å². The number of halogens is 6. The van der Waals surface area contributed by atoms with Crippen molar-refractivity contribution in [3.63, 3.8) is 0 Å². The smallest absolute Gasteiger partial charge is 0.194 e. The summed E-state index contributed by atoms with van der Waals surface area (Å²) in [5.41, 5.74) is 7.02. The molecule has 2 atom stereocenters. The number of benzene rings is 4. The fraction of sp³-hybridized carbons (Fsp3) is 0.418. The molecule has 0 spiro atoms. The van der Waals surface area contributed by atoms with E-state index >= 15 is 0 Å². The van der Waals surface area contributed by atoms with Gasteiger partial charge in [0, 0.05) is 36.3 Å². The van der Waals surface area contributed by atoms with Gasteiger partial charge in [0.2, 0.25) is 0 Å². The van der Waals surface area contributed by atoms with Crippen LogP contribution >= 0.6 is 22.7 Å². The molecule has 0 saturated carbocycles. The topological polar surface area (TPSA) is 0 Å². The summed E-state index contributed by atoms with van der Waals surface area (Å²) in [6.07, 6.45) is 16.8. The molecular weight excluding hydrogens is 839 g/mol. The second-order valence-corrected chi connectivity index (χ2v) is 20.1. The summed E-state index contributed by atoms with van der Waals surface area (Å²) in [6, 6.07) is 26.3. The zero-order valence-corrected chi connectivity index (χ0v) is 39.0. The summed E-state index contributed by atoms with van der Waals surface area (Å²) < 4.78 is 85.9. The first-order valence-corrected chi connectivity index (χ1v) is 24.8. The van der Waals surface area contributed by atoms with Crippen molar-refractivity contribution in [2.24, 2.45) is 0 Å². The van der Waals surface area contributed by atoms with Crippen molar-refractivity contribution in [2.45, 2.75) is 148 Å². The Morgan fingerprint density at radius 2 is 1.00 bits per heavy atom. The number of hydrogen-bond acceptors (Lipinski definition) is 2. The summed E-state index contributed by atoms with van der Waals surface area (Å²) >= 11 is 3.32. The van der Waals surface area contributed by atoms with Gasteiger partial charge in [-0.25, -0.2) is 26.3 Å². The fourth-order valence-corrected chi connectivity index (χ4v) is 12.2. The summed E-state index contributed by atoms with van der Waals surface area (Å²) in [5, 5.41) is 0. The molecule has 0 fully saturated rings. The molecule has 2 aromatic heterocycles. The molecule has 1 aliphatic carbocycles. The van der Waals surface area contributed by atoms with Gasteiger partial charge in [0.25, 0.3) is 0 Å². The average Bonchev–Trinajstić information content (AvgIpc) is 4.04. The Balaban J connectivity index is 1.26. The lowest BCUT2D eigenvalue weighted by atomic mass is 9.69. The third-order valence-corrected chi connectivity index (χ3v) is 16.6. The monoisotopic (exact) mass is 898 g/mol. The summed E-state index contributed by atoms with van der Waals surface area (Å²) in [7, 11) is 0. The normalized spacial score (nSPS) is 14.5. The summed E-state index contributed by atoms with van der Waals surface area (Å²) in [6.45, 7) is 10.3. The molecule has 2 heterocycles. The molecule has 0 aliphatic heterocycles. The molecule has 4 aromatic carbocycles. The van der Waals surface area contributed by atoms with E-state index in [1.165, 1.54) is 73.6 Å². The predicted molar refractivity (Wildman–Crippen MR) is 252 cm³/mol. The molecule has 0 saturated heterocycles. The largest absolute Gasteiger partial charge is 0.204 e. The van der Waals surface area contributed by atoms with Crippen LogP contribution in [0, 0.1) is 34.9 Å². The SMILES string of the molecule is CCCCCCCCC1(CCCCCCCC)c2cc(-c3ccc(-c4ccc(C(C)(CC)c5cc(F)c(F)c(F)c5)s4)s3)ccc2-c2ccc(C(C)c3cc(F)c(F)c(F)c3)cc21. The zero-order valence-electron chi connectivity index (χ0n) is 37.4. The standard InChI is InChI=1S/C55H60F6S2/c1-6-9-11-13-15-17-27-55(28-18-16-14-12-10-7-2)42-29-36(35(4)38-31-44(56)52(60)45(57)32-38)19-21-40(42)41-22-20-37(30-43(41)55)48-23-24-49(62-48)50-25-26-51(63-50)54(5,8-3)39-33-46(58)53(61)47(59)34-39/h19-26,29-35H,6-18,27-28H2,1-5H3. The minimum absolute atomic E-state index is 0.252. The van der Waals surface area contributed by atoms with Crippen LogP contribution in [-0.4, -0.2) is 0 Å². The van der Waals surface area contributed by atoms with Crippen LogP contribution in [0.4, 0.5) is 26.3 Å². The lowest BCUT2D eigenvalue weighted by Gasteiger charge is -2.34. The summed E-state index contributed by atoms with van der Waals surface area (Å²) in [5.74, 6) is -7.96. The van der Waals surface area contributed by atoms with Gasteiger partial charge in [-0.3, -0.25) is 0 Å². The van der Waals surface area contributed by atoms with Crippen LogP contribution in [0.3, 0.4) is 0 Å². The van der Waals surface area contributed by atoms with E-state index in [0.717, 1.165) is 93.4 Å². The van der Waals surface area contributed by atoms with Gasteiger partial charge in [-0.2, -0.15) is 0 Å². The molecule has 0 radical (unpaired) electrons. The van der Waals surface area contributed by atoms with Crippen molar-refractivity contribution in [2.75, 3.05) is 0 Å². The molecule has 1 aliphatic rings. The molecule has 7 rings (SSSR count). The molecule has 0 bridgehead atoms. The maximum absolute atomic E-state index is 14.5. The van der Waals surface area contributed by atoms with Crippen LogP contribution < -0.4 is 0 Å². The van der Waals surface area contributed by atoms with Gasteiger partial charge in [-0.15, -0.1) is 22.7 Å². The van der Waals surface area contributed by atoms with Crippen molar-refractivity contribution in [3.8, 4) is 31.3 Å². The number of unbranched alkanes of at least 4 members (excludes halogenated alkanes) is 10. The molecule has 0 amide bonds. The fourth-order valence-electron chi connectivity index (χ4n) is 9.82. The maximum Gasteiger partial charge on any atom is 0.194 e. The number of rotatable bonds is 21. The lowest BCUT2D eigenvalue weighted by molar-refractivity contribution is 0.397. The van der Waals surface area contributed by atoms with Crippen LogP contribution in [0.5, 0.6) is 0 Å². The second kappa shape index (κ2) is 20.4. The maximum atomic E-state index is 14.5. The first-order chi connectivity index (χ1) is 30.3. The van der Waals surface area contributed by atoms with E-state index in [2.05, 4.69) is 68.4 Å². The number of thiophene rings is 2. The van der Waals surface area contributed by atoms with Gasteiger partial charge in [0.05, 0.1) is 0 Å². The third-order valence-electron chi connectivity index (χ3n) is 13.9. The second-order valence-electron chi connectivity index (χ2n) is 18.0. The Morgan fingerprint density at radius 1 is 0.508 bits per heavy atom. The highest BCUT2D eigenvalue weighted by molar-refractivity contribution is 7.24. The highest BCUT2D eigenvalue weighted by atomic mass is 32.1. The molecule has 0 N–H and O–H groups in total. The lowest BCUT2D eigenvalue weighted by Crippen LogP contribution is -2.26. The Kier molecular flexibility index (Phi) is 15.1. The van der Waals surface area contributed by atoms with E-state index in [4.69, 9.17) is 0 Å². The quantitative estimate of drug-likeness (QED) is 0.0384. The van der Waals surface area contributed by atoms with E-state index in [1.54, 1.807) is 22.7 Å². The van der Waals surface area contributed by atoms with Crippen LogP contribution in [0.15, 0.2) is 84.9 Å². The highest BCUT2D eigenvalue weighted by Gasteiger charge is 2.43. The molecule has 8 heteroatoms. The Labute approximate surface area is 378 Å². The van der Waals surface area contributed by atoms with Gasteiger partial charge in [-0.05, 0) is 118 Å². The minimum atomic E-state index is -1.45. The van der Waals surface area contributed by atoms with E-state index in [-0.39, 0.29) is 11.3 Å². The van der Waals surface area contributed by atoms with E-state index < -0.39 is 40.3 Å². The Hall–Kier alpha value is -4.14. The van der Waals surface area contributed by atoms with Crippen LogP contribution in [0.1, 0.15) is 170 Å². The summed E-state index contributed by atoms with van der Waals surface area (Å²) in [4.78, 5) is 4.24. The van der Waals surface area contributed by atoms with Crippen molar-refractivity contribution in [1.82, 2.24) is 0 Å². The van der Waals surface area contributed by atoms with Crippen molar-refractivity contribution in [3.05, 3.63) is 153 Å². The predicted octanol–water partition coefficient (Wildman–Crippen LogP) is 18.6. The minimum Gasteiger partial charge on any atom is -0.204 e. The Morgan fingerprint density at radius 3 is 1.59 bits per heavy atom. The van der Waals surface area contributed by atoms with Crippen LogP contribution in [0.25, 0.3) is 31.3 Å². The number of hydrogen-bond donors (Lipinski definition) is 0. The van der Waals surface area contributed by atoms with Gasteiger partial charge in [-0.1, -0.05) is 142 Å². The first-order valence-electron chi connectivity index (χ1n) is 23.1. The Bertz CT molecular complexity index is 2450. The van der Waals surface area contributed by atoms with Crippen molar-refractivity contribution >= 4 is 22.7 Å². The van der Waals surface area contributed by atoms with Gasteiger partial charge in [0.1, 0.15) is 0 Å². The molecule has 334 valence electrons. The average molecular weight is 899 g/mol. The van der Waals surface area contributed by atoms with Gasteiger partial charge in [0.15, 0.2) is 34.9 Å². The van der Waals surface area contributed by atoms with Gasteiger partial charge >= 0.3 is 0 Å². The van der Waals surface area contributed by atoms with Crippen LogP contribution in [0.2, 0.25) is 0 Å². The van der Waals surface area contributed by atoms with Gasteiger partial charge < -0.3 is 0 Å². The zero-order chi connectivity index (χ0) is 44.9. The molecular formula is C55H60F6S2. The van der Waals surface area contributed by atoms with E-state index in [9.17, 15) is 26.3 Å². The molecule has 6 aromatic rings. The highest BCUT2D eigenvalue weighted by Crippen LogP contribution is 2.56. The molecule has 2 unspecified atom stereocenters. The van der Waals surface area contributed by atoms with Crippen molar-refractivity contribution < 1.29 is 26.3 Å².